The monoisotopic (exact) mass is 346 g/mol. The van der Waals surface area contributed by atoms with E-state index in [1.54, 1.807) is 18.2 Å². The minimum Gasteiger partial charge on any atom is -0.423 e. The van der Waals surface area contributed by atoms with Crippen LogP contribution in [0.2, 0.25) is 10.0 Å². The average Bonchev–Trinajstić information content (AvgIpc) is 2.88. The second-order valence-corrected chi connectivity index (χ2v) is 5.52. The lowest BCUT2D eigenvalue weighted by molar-refractivity contribution is 0.624. The SMILES string of the molecule is C=C(/N=C(\N)Nc1nc2ccccc2o1)c1ccc(Cl)cc1Cl. The summed E-state index contributed by atoms with van der Waals surface area (Å²) in [6.45, 7) is 3.85. The fourth-order valence-electron chi connectivity index (χ4n) is 1.99. The molecule has 0 bridgehead atoms. The molecule has 0 aliphatic heterocycles. The highest BCUT2D eigenvalue weighted by molar-refractivity contribution is 6.35. The predicted octanol–water partition coefficient (Wildman–Crippen LogP) is 4.53. The van der Waals surface area contributed by atoms with Crippen molar-refractivity contribution in [1.29, 1.82) is 0 Å². The number of rotatable bonds is 3. The van der Waals surface area contributed by atoms with E-state index < -0.39 is 0 Å². The lowest BCUT2D eigenvalue weighted by atomic mass is 10.2. The molecular weight excluding hydrogens is 335 g/mol. The number of anilines is 1. The Bertz CT molecular complexity index is 884. The summed E-state index contributed by atoms with van der Waals surface area (Å²) in [6.07, 6.45) is 0. The molecule has 1 heterocycles. The number of fused-ring (bicyclic) bond motifs is 1. The highest BCUT2D eigenvalue weighted by Crippen LogP contribution is 2.27. The van der Waals surface area contributed by atoms with Crippen molar-refractivity contribution < 1.29 is 4.42 Å². The van der Waals surface area contributed by atoms with Gasteiger partial charge in [-0.2, -0.15) is 4.98 Å². The largest absolute Gasteiger partial charge is 0.423 e. The van der Waals surface area contributed by atoms with Crippen LogP contribution in [0.1, 0.15) is 5.56 Å². The topological polar surface area (TPSA) is 76.4 Å². The van der Waals surface area contributed by atoms with Gasteiger partial charge in [0.2, 0.25) is 5.96 Å². The summed E-state index contributed by atoms with van der Waals surface area (Å²) in [5.74, 6) is 0.0903. The van der Waals surface area contributed by atoms with E-state index in [1.165, 1.54) is 0 Å². The van der Waals surface area contributed by atoms with Gasteiger partial charge in [0.15, 0.2) is 5.58 Å². The molecule has 0 aliphatic carbocycles. The summed E-state index contributed by atoms with van der Waals surface area (Å²) in [5.41, 5.74) is 8.27. The summed E-state index contributed by atoms with van der Waals surface area (Å²) < 4.78 is 5.51. The molecule has 0 amide bonds. The fourth-order valence-corrected chi connectivity index (χ4v) is 2.51. The zero-order valence-corrected chi connectivity index (χ0v) is 13.4. The molecule has 0 atom stereocenters. The first kappa shape index (κ1) is 15.4. The molecule has 3 N–H and O–H groups in total. The van der Waals surface area contributed by atoms with Gasteiger partial charge in [0.1, 0.15) is 5.52 Å². The molecular formula is C16H12Cl2N4O. The van der Waals surface area contributed by atoms with Crippen LogP contribution >= 0.6 is 23.2 Å². The van der Waals surface area contributed by atoms with Crippen LogP contribution < -0.4 is 11.1 Å². The van der Waals surface area contributed by atoms with Crippen molar-refractivity contribution >= 4 is 52.0 Å². The summed E-state index contributed by atoms with van der Waals surface area (Å²) in [5, 5.41) is 3.76. The molecule has 1 aromatic heterocycles. The minimum atomic E-state index is 0.0903. The highest BCUT2D eigenvalue weighted by Gasteiger charge is 2.08. The van der Waals surface area contributed by atoms with Gasteiger partial charge in [-0.05, 0) is 30.3 Å². The number of hydrogen-bond acceptors (Lipinski definition) is 3. The summed E-state index contributed by atoms with van der Waals surface area (Å²) in [6, 6.07) is 12.7. The molecule has 0 aliphatic rings. The molecule has 0 saturated carbocycles. The van der Waals surface area contributed by atoms with Gasteiger partial charge >= 0.3 is 6.01 Å². The van der Waals surface area contributed by atoms with E-state index in [0.717, 1.165) is 5.52 Å². The van der Waals surface area contributed by atoms with Crippen LogP contribution in [0.3, 0.4) is 0 Å². The van der Waals surface area contributed by atoms with E-state index in [4.69, 9.17) is 33.4 Å². The van der Waals surface area contributed by atoms with Gasteiger partial charge in [-0.3, -0.25) is 5.32 Å². The zero-order valence-electron chi connectivity index (χ0n) is 11.9. The standard InChI is InChI=1S/C16H12Cl2N4O/c1-9(11-7-6-10(17)8-12(11)18)20-15(19)22-16-21-13-4-2-3-5-14(13)23-16/h2-8H,1H2,(H3,19,20,21,22). The van der Waals surface area contributed by atoms with Crippen LogP contribution in [0.4, 0.5) is 6.01 Å². The van der Waals surface area contributed by atoms with Crippen molar-refractivity contribution in [2.24, 2.45) is 10.7 Å². The van der Waals surface area contributed by atoms with E-state index in [9.17, 15) is 0 Å². The van der Waals surface area contributed by atoms with Crippen molar-refractivity contribution in [2.75, 3.05) is 5.32 Å². The predicted molar refractivity (Wildman–Crippen MR) is 94.8 cm³/mol. The van der Waals surface area contributed by atoms with Crippen molar-refractivity contribution in [3.8, 4) is 0 Å². The Hall–Kier alpha value is -2.50. The third-order valence-electron chi connectivity index (χ3n) is 3.03. The summed E-state index contributed by atoms with van der Waals surface area (Å²) >= 11 is 12.0. The quantitative estimate of drug-likeness (QED) is 0.539. The van der Waals surface area contributed by atoms with Crippen LogP contribution in [-0.2, 0) is 0 Å². The molecule has 0 radical (unpaired) electrons. The van der Waals surface area contributed by atoms with Crippen LogP contribution in [0.5, 0.6) is 0 Å². The van der Waals surface area contributed by atoms with E-state index in [-0.39, 0.29) is 12.0 Å². The fraction of sp³-hybridized carbons (Fsp3) is 0. The van der Waals surface area contributed by atoms with Gasteiger partial charge in [0.05, 0.1) is 10.7 Å². The minimum absolute atomic E-state index is 0.0903. The Morgan fingerprint density at radius 3 is 2.74 bits per heavy atom. The Morgan fingerprint density at radius 1 is 1.22 bits per heavy atom. The lowest BCUT2D eigenvalue weighted by Gasteiger charge is -2.06. The van der Waals surface area contributed by atoms with Gasteiger partial charge in [-0.15, -0.1) is 0 Å². The second kappa shape index (κ2) is 6.32. The summed E-state index contributed by atoms with van der Waals surface area (Å²) in [4.78, 5) is 8.41. The molecule has 0 fully saturated rings. The molecule has 7 heteroatoms. The number of aromatic nitrogens is 1. The molecule has 3 rings (SSSR count). The Balaban J connectivity index is 1.80. The van der Waals surface area contributed by atoms with E-state index >= 15 is 0 Å². The average molecular weight is 347 g/mol. The number of guanidine groups is 1. The van der Waals surface area contributed by atoms with Gasteiger partial charge in [-0.1, -0.05) is 41.9 Å². The first-order valence-electron chi connectivity index (χ1n) is 6.64. The maximum Gasteiger partial charge on any atom is 0.302 e. The number of halogens is 2. The number of aliphatic imine (C=N–C) groups is 1. The second-order valence-electron chi connectivity index (χ2n) is 4.68. The zero-order chi connectivity index (χ0) is 16.4. The molecule has 116 valence electrons. The number of nitrogens with one attached hydrogen (secondary N) is 1. The molecule has 0 spiro atoms. The molecule has 3 aromatic rings. The number of para-hydroxylation sites is 2. The first-order chi connectivity index (χ1) is 11.0. The van der Waals surface area contributed by atoms with Crippen LogP contribution in [-0.4, -0.2) is 10.9 Å². The normalized spacial score (nSPS) is 11.7. The van der Waals surface area contributed by atoms with Crippen LogP contribution in [0, 0.1) is 0 Å². The molecule has 5 nitrogen and oxygen atoms in total. The Morgan fingerprint density at radius 2 is 2.00 bits per heavy atom. The maximum atomic E-state index is 6.11. The van der Waals surface area contributed by atoms with Crippen molar-refractivity contribution in [3.05, 3.63) is 64.7 Å². The third-order valence-corrected chi connectivity index (χ3v) is 3.57. The van der Waals surface area contributed by atoms with Crippen molar-refractivity contribution in [2.45, 2.75) is 0 Å². The Labute approximate surface area is 142 Å². The first-order valence-corrected chi connectivity index (χ1v) is 7.39. The van der Waals surface area contributed by atoms with Gasteiger partial charge in [0, 0.05) is 10.6 Å². The smallest absolute Gasteiger partial charge is 0.302 e. The number of nitrogens with zero attached hydrogens (tertiary/aromatic N) is 2. The number of hydrogen-bond donors (Lipinski definition) is 2. The van der Waals surface area contributed by atoms with Crippen molar-refractivity contribution in [1.82, 2.24) is 4.98 Å². The molecule has 23 heavy (non-hydrogen) atoms. The van der Waals surface area contributed by atoms with E-state index in [1.807, 2.05) is 24.3 Å². The number of benzene rings is 2. The van der Waals surface area contributed by atoms with E-state index in [0.29, 0.717) is 26.9 Å². The van der Waals surface area contributed by atoms with Gasteiger partial charge < -0.3 is 10.2 Å². The van der Waals surface area contributed by atoms with Crippen LogP contribution in [0.25, 0.3) is 16.8 Å². The number of nitrogens with two attached hydrogens (primary N) is 1. The molecule has 0 saturated heterocycles. The van der Waals surface area contributed by atoms with E-state index in [2.05, 4.69) is 21.9 Å². The third kappa shape index (κ3) is 3.47. The summed E-state index contributed by atoms with van der Waals surface area (Å²) in [7, 11) is 0. The highest BCUT2D eigenvalue weighted by atomic mass is 35.5. The maximum absolute atomic E-state index is 6.11. The van der Waals surface area contributed by atoms with Crippen LogP contribution in [0.15, 0.2) is 58.5 Å². The van der Waals surface area contributed by atoms with Gasteiger partial charge in [0.25, 0.3) is 0 Å². The Kier molecular flexibility index (Phi) is 4.23. The molecule has 0 unspecified atom stereocenters. The van der Waals surface area contributed by atoms with Crippen molar-refractivity contribution in [3.63, 3.8) is 0 Å². The lowest BCUT2D eigenvalue weighted by Crippen LogP contribution is -2.22. The van der Waals surface area contributed by atoms with Gasteiger partial charge in [-0.25, -0.2) is 4.99 Å². The number of oxazole rings is 1. The molecule has 2 aromatic carbocycles.